The SMILES string of the molecule is C=C(CC)N1CC[C@@H]2CN(CC)CC[C@@H]21. The Bertz CT molecular complexity index is 237. The van der Waals surface area contributed by atoms with Crippen LogP contribution in [0, 0.1) is 5.92 Å². The summed E-state index contributed by atoms with van der Waals surface area (Å²) >= 11 is 0. The molecule has 0 bridgehead atoms. The van der Waals surface area contributed by atoms with Crippen molar-refractivity contribution in [2.75, 3.05) is 26.2 Å². The van der Waals surface area contributed by atoms with Crippen LogP contribution in [0.4, 0.5) is 0 Å². The van der Waals surface area contributed by atoms with Crippen LogP contribution in [-0.4, -0.2) is 42.0 Å². The van der Waals surface area contributed by atoms with Crippen molar-refractivity contribution in [1.82, 2.24) is 9.80 Å². The molecule has 0 N–H and O–H groups in total. The van der Waals surface area contributed by atoms with Crippen LogP contribution in [0.15, 0.2) is 12.3 Å². The first kappa shape index (κ1) is 11.0. The fourth-order valence-corrected chi connectivity index (χ4v) is 3.14. The summed E-state index contributed by atoms with van der Waals surface area (Å²) in [5.41, 5.74) is 1.35. The van der Waals surface area contributed by atoms with Gasteiger partial charge in [-0.1, -0.05) is 20.4 Å². The second-order valence-electron chi connectivity index (χ2n) is 4.91. The molecular formula is C13H24N2. The average Bonchev–Trinajstić information content (AvgIpc) is 2.70. The monoisotopic (exact) mass is 208 g/mol. The van der Waals surface area contributed by atoms with Crippen molar-refractivity contribution in [3.63, 3.8) is 0 Å². The molecule has 2 aliphatic heterocycles. The van der Waals surface area contributed by atoms with E-state index in [4.69, 9.17) is 0 Å². The molecule has 0 saturated carbocycles. The van der Waals surface area contributed by atoms with Gasteiger partial charge in [0.25, 0.3) is 0 Å². The van der Waals surface area contributed by atoms with Gasteiger partial charge in [-0.25, -0.2) is 0 Å². The van der Waals surface area contributed by atoms with E-state index in [9.17, 15) is 0 Å². The normalized spacial score (nSPS) is 31.7. The van der Waals surface area contributed by atoms with Gasteiger partial charge in [-0.3, -0.25) is 0 Å². The minimum absolute atomic E-state index is 0.806. The van der Waals surface area contributed by atoms with Crippen LogP contribution in [0.25, 0.3) is 0 Å². The molecule has 2 saturated heterocycles. The number of fused-ring (bicyclic) bond motifs is 1. The maximum atomic E-state index is 4.20. The van der Waals surface area contributed by atoms with Crippen LogP contribution < -0.4 is 0 Å². The molecule has 0 amide bonds. The van der Waals surface area contributed by atoms with E-state index in [0.29, 0.717) is 0 Å². The average molecular weight is 208 g/mol. The number of likely N-dealkylation sites (tertiary alicyclic amines) is 2. The van der Waals surface area contributed by atoms with Crippen molar-refractivity contribution in [3.05, 3.63) is 12.3 Å². The van der Waals surface area contributed by atoms with E-state index in [1.807, 2.05) is 0 Å². The highest BCUT2D eigenvalue weighted by Gasteiger charge is 2.37. The topological polar surface area (TPSA) is 6.48 Å². The first-order valence-electron chi connectivity index (χ1n) is 6.43. The Kier molecular flexibility index (Phi) is 3.35. The summed E-state index contributed by atoms with van der Waals surface area (Å²) in [7, 11) is 0. The number of nitrogens with zero attached hydrogens (tertiary/aromatic N) is 2. The Morgan fingerprint density at radius 1 is 1.27 bits per heavy atom. The van der Waals surface area contributed by atoms with Crippen LogP contribution in [0.3, 0.4) is 0 Å². The molecule has 2 fully saturated rings. The zero-order chi connectivity index (χ0) is 10.8. The van der Waals surface area contributed by atoms with Gasteiger partial charge in [0.1, 0.15) is 0 Å². The van der Waals surface area contributed by atoms with Crippen LogP contribution >= 0.6 is 0 Å². The molecular weight excluding hydrogens is 184 g/mol. The zero-order valence-corrected chi connectivity index (χ0v) is 10.2. The maximum absolute atomic E-state index is 4.20. The van der Waals surface area contributed by atoms with Crippen molar-refractivity contribution in [1.29, 1.82) is 0 Å². The molecule has 2 heterocycles. The lowest BCUT2D eigenvalue weighted by Crippen LogP contribution is -2.45. The standard InChI is InChI=1S/C13H24N2/c1-4-11(3)15-9-6-12-10-14(5-2)8-7-13(12)15/h12-13H,3-10H2,1-2H3/t12-,13+/m1/s1. The van der Waals surface area contributed by atoms with E-state index in [1.165, 1.54) is 44.7 Å². The lowest BCUT2D eigenvalue weighted by Gasteiger charge is -2.38. The van der Waals surface area contributed by atoms with Crippen molar-refractivity contribution >= 4 is 0 Å². The summed E-state index contributed by atoms with van der Waals surface area (Å²) < 4.78 is 0. The summed E-state index contributed by atoms with van der Waals surface area (Å²) in [5.74, 6) is 0.905. The smallest absolute Gasteiger partial charge is 0.0339 e. The predicted octanol–water partition coefficient (Wildman–Crippen LogP) is 2.33. The van der Waals surface area contributed by atoms with Crippen LogP contribution in [0.1, 0.15) is 33.1 Å². The minimum Gasteiger partial charge on any atom is -0.372 e. The molecule has 2 atom stereocenters. The van der Waals surface area contributed by atoms with Crippen LogP contribution in [0.2, 0.25) is 0 Å². The second-order valence-corrected chi connectivity index (χ2v) is 4.91. The van der Waals surface area contributed by atoms with E-state index in [1.54, 1.807) is 0 Å². The third-order valence-corrected chi connectivity index (χ3v) is 4.18. The van der Waals surface area contributed by atoms with Gasteiger partial charge in [0.2, 0.25) is 0 Å². The molecule has 0 aromatic carbocycles. The molecule has 0 radical (unpaired) electrons. The number of allylic oxidation sites excluding steroid dienone is 1. The van der Waals surface area contributed by atoms with Gasteiger partial charge in [0.05, 0.1) is 0 Å². The van der Waals surface area contributed by atoms with Crippen molar-refractivity contribution < 1.29 is 0 Å². The van der Waals surface area contributed by atoms with Crippen LogP contribution in [0.5, 0.6) is 0 Å². The van der Waals surface area contributed by atoms with Gasteiger partial charge >= 0.3 is 0 Å². The Morgan fingerprint density at radius 3 is 2.73 bits per heavy atom. The molecule has 0 aromatic heterocycles. The van der Waals surface area contributed by atoms with E-state index < -0.39 is 0 Å². The summed E-state index contributed by atoms with van der Waals surface area (Å²) in [6.45, 7) is 13.8. The molecule has 2 heteroatoms. The Labute approximate surface area is 93.9 Å². The van der Waals surface area contributed by atoms with E-state index in [0.717, 1.165) is 18.4 Å². The highest BCUT2D eigenvalue weighted by Crippen LogP contribution is 2.33. The van der Waals surface area contributed by atoms with Crippen molar-refractivity contribution in [2.24, 2.45) is 5.92 Å². The Morgan fingerprint density at radius 2 is 2.07 bits per heavy atom. The number of piperidine rings is 1. The molecule has 86 valence electrons. The maximum Gasteiger partial charge on any atom is 0.0339 e. The largest absolute Gasteiger partial charge is 0.372 e. The van der Waals surface area contributed by atoms with Gasteiger partial charge in [-0.15, -0.1) is 0 Å². The lowest BCUT2D eigenvalue weighted by molar-refractivity contribution is 0.130. The highest BCUT2D eigenvalue weighted by atomic mass is 15.2. The van der Waals surface area contributed by atoms with Gasteiger partial charge in [0, 0.05) is 31.4 Å². The molecule has 2 aliphatic rings. The van der Waals surface area contributed by atoms with E-state index in [2.05, 4.69) is 30.2 Å². The van der Waals surface area contributed by atoms with Crippen LogP contribution in [-0.2, 0) is 0 Å². The molecule has 0 spiro atoms. The predicted molar refractivity (Wildman–Crippen MR) is 64.8 cm³/mol. The molecule has 0 aromatic rings. The van der Waals surface area contributed by atoms with E-state index in [-0.39, 0.29) is 0 Å². The fourth-order valence-electron chi connectivity index (χ4n) is 3.14. The fraction of sp³-hybridized carbons (Fsp3) is 0.846. The molecule has 2 nitrogen and oxygen atoms in total. The first-order chi connectivity index (χ1) is 7.26. The Hall–Kier alpha value is -0.500. The minimum atomic E-state index is 0.806. The summed E-state index contributed by atoms with van der Waals surface area (Å²) in [6, 6.07) is 0.806. The summed E-state index contributed by atoms with van der Waals surface area (Å²) in [4.78, 5) is 5.18. The molecule has 2 rings (SSSR count). The quantitative estimate of drug-likeness (QED) is 0.702. The second kappa shape index (κ2) is 4.56. The zero-order valence-electron chi connectivity index (χ0n) is 10.2. The van der Waals surface area contributed by atoms with Crippen molar-refractivity contribution in [2.45, 2.75) is 39.2 Å². The lowest BCUT2D eigenvalue weighted by atomic mass is 9.92. The third-order valence-electron chi connectivity index (χ3n) is 4.18. The van der Waals surface area contributed by atoms with Gasteiger partial charge in [-0.05, 0) is 31.7 Å². The molecule has 0 unspecified atom stereocenters. The summed E-state index contributed by atoms with van der Waals surface area (Å²) in [5, 5.41) is 0. The number of hydrogen-bond donors (Lipinski definition) is 0. The third kappa shape index (κ3) is 2.05. The number of hydrogen-bond acceptors (Lipinski definition) is 2. The summed E-state index contributed by atoms with van der Waals surface area (Å²) in [6.07, 6.45) is 3.83. The van der Waals surface area contributed by atoms with Gasteiger partial charge < -0.3 is 9.80 Å². The Balaban J connectivity index is 1.98. The highest BCUT2D eigenvalue weighted by molar-refractivity contribution is 5.03. The van der Waals surface area contributed by atoms with E-state index >= 15 is 0 Å². The molecule has 0 aliphatic carbocycles. The number of rotatable bonds is 3. The molecule has 15 heavy (non-hydrogen) atoms. The van der Waals surface area contributed by atoms with Crippen molar-refractivity contribution in [3.8, 4) is 0 Å². The van der Waals surface area contributed by atoms with Gasteiger partial charge in [-0.2, -0.15) is 0 Å². The van der Waals surface area contributed by atoms with Gasteiger partial charge in [0.15, 0.2) is 0 Å². The first-order valence-corrected chi connectivity index (χ1v) is 6.43.